The van der Waals surface area contributed by atoms with Crippen LogP contribution in [-0.4, -0.2) is 54.6 Å². The van der Waals surface area contributed by atoms with Gasteiger partial charge in [0.25, 0.3) is 0 Å². The number of hydrogen-bond donors (Lipinski definition) is 1. The minimum Gasteiger partial charge on any atom is -0.493 e. The molecule has 0 aliphatic carbocycles. The van der Waals surface area contributed by atoms with Crippen LogP contribution < -0.4 is 15.0 Å². The third kappa shape index (κ3) is 4.13. The van der Waals surface area contributed by atoms with Crippen LogP contribution in [0.3, 0.4) is 0 Å². The number of nitrogens with one attached hydrogen (secondary N) is 1. The number of hydrogen-bond acceptors (Lipinski definition) is 6. The first-order chi connectivity index (χ1) is 15.4. The number of benzene rings is 1. The van der Waals surface area contributed by atoms with Crippen molar-refractivity contribution in [1.82, 2.24) is 15.2 Å². The van der Waals surface area contributed by atoms with Gasteiger partial charge in [0.15, 0.2) is 11.6 Å². The molecule has 2 bridgehead atoms. The topological polar surface area (TPSA) is 81.5 Å². The largest absolute Gasteiger partial charge is 0.493 e. The maximum Gasteiger partial charge on any atom is 0.236 e. The number of halogens is 1. The Morgan fingerprint density at radius 2 is 2.19 bits per heavy atom. The molecule has 32 heavy (non-hydrogen) atoms. The minimum atomic E-state index is -0.414. The van der Waals surface area contributed by atoms with Crippen molar-refractivity contribution in [2.75, 3.05) is 31.6 Å². The first-order valence-electron chi connectivity index (χ1n) is 10.9. The molecule has 8 heteroatoms. The van der Waals surface area contributed by atoms with Gasteiger partial charge in [0, 0.05) is 36.9 Å². The van der Waals surface area contributed by atoms with Gasteiger partial charge < -0.3 is 19.9 Å². The number of likely N-dealkylation sites (tertiary alicyclic amines) is 1. The van der Waals surface area contributed by atoms with Gasteiger partial charge in [0.1, 0.15) is 11.9 Å². The molecule has 2 unspecified atom stereocenters. The van der Waals surface area contributed by atoms with Crippen molar-refractivity contribution in [3.63, 3.8) is 0 Å². The van der Waals surface area contributed by atoms with Crippen LogP contribution in [0.5, 0.6) is 5.75 Å². The Kier molecular flexibility index (Phi) is 6.28. The van der Waals surface area contributed by atoms with E-state index in [1.54, 1.807) is 24.4 Å². The molecule has 0 saturated carbocycles. The van der Waals surface area contributed by atoms with E-state index >= 15 is 0 Å². The molecule has 1 N–H and O–H groups in total. The summed E-state index contributed by atoms with van der Waals surface area (Å²) in [6, 6.07) is 10.7. The highest BCUT2D eigenvalue weighted by molar-refractivity contribution is 5.79. The molecule has 3 heterocycles. The van der Waals surface area contributed by atoms with Crippen molar-refractivity contribution in [3.8, 4) is 11.8 Å². The number of para-hydroxylation sites is 1. The van der Waals surface area contributed by atoms with E-state index in [1.165, 1.54) is 13.2 Å². The number of fused-ring (bicyclic) bond motifs is 2. The van der Waals surface area contributed by atoms with Crippen molar-refractivity contribution < 1.29 is 13.9 Å². The number of rotatable bonds is 6. The van der Waals surface area contributed by atoms with Crippen LogP contribution in [0.4, 0.5) is 10.2 Å². The van der Waals surface area contributed by atoms with Gasteiger partial charge in [-0.3, -0.25) is 4.79 Å². The number of methoxy groups -OCH3 is 1. The molecule has 0 radical (unpaired) electrons. The molecule has 168 valence electrons. The second kappa shape index (κ2) is 9.13. The van der Waals surface area contributed by atoms with Gasteiger partial charge >= 0.3 is 0 Å². The Hall–Kier alpha value is -3.18. The number of carbonyl (C=O) groups is 1. The average molecular weight is 438 g/mol. The molecule has 2 fully saturated rings. The summed E-state index contributed by atoms with van der Waals surface area (Å²) in [4.78, 5) is 21.7. The predicted molar refractivity (Wildman–Crippen MR) is 119 cm³/mol. The van der Waals surface area contributed by atoms with Gasteiger partial charge in [0.2, 0.25) is 5.91 Å². The zero-order chi connectivity index (χ0) is 22.8. The van der Waals surface area contributed by atoms with Crippen LogP contribution in [0.1, 0.15) is 37.4 Å². The van der Waals surface area contributed by atoms with Crippen LogP contribution >= 0.6 is 0 Å². The molecule has 1 aromatic carbocycles. The van der Waals surface area contributed by atoms with Crippen molar-refractivity contribution in [3.05, 3.63) is 53.5 Å². The third-order valence-electron chi connectivity index (χ3n) is 6.61. The zero-order valence-corrected chi connectivity index (χ0v) is 18.6. The fourth-order valence-electron chi connectivity index (χ4n) is 4.94. The van der Waals surface area contributed by atoms with E-state index in [9.17, 15) is 9.18 Å². The summed E-state index contributed by atoms with van der Waals surface area (Å²) >= 11 is 0. The smallest absolute Gasteiger partial charge is 0.236 e. The monoisotopic (exact) mass is 437 g/mol. The third-order valence-corrected chi connectivity index (χ3v) is 6.61. The molecule has 4 rings (SSSR count). The summed E-state index contributed by atoms with van der Waals surface area (Å²) in [6.45, 7) is 5.55. The van der Waals surface area contributed by atoms with Crippen LogP contribution in [0, 0.1) is 23.1 Å². The highest BCUT2D eigenvalue weighted by atomic mass is 19.1. The Balaban J connectivity index is 1.40. The minimum absolute atomic E-state index is 0.0313. The number of nitrogens with zero attached hydrogens (tertiary/aromatic N) is 4. The lowest BCUT2D eigenvalue weighted by atomic mass is 10.0. The van der Waals surface area contributed by atoms with Crippen molar-refractivity contribution in [1.29, 1.82) is 5.26 Å². The van der Waals surface area contributed by atoms with E-state index in [0.29, 0.717) is 30.1 Å². The summed E-state index contributed by atoms with van der Waals surface area (Å²) < 4.78 is 19.2. The number of piperazine rings is 1. The lowest BCUT2D eigenvalue weighted by Gasteiger charge is -2.42. The highest BCUT2D eigenvalue weighted by Gasteiger charge is 2.45. The number of carbonyl (C=O) groups excluding carboxylic acids is 1. The quantitative estimate of drug-likeness (QED) is 0.749. The first kappa shape index (κ1) is 22.0. The lowest BCUT2D eigenvalue weighted by Crippen LogP contribution is -2.57. The van der Waals surface area contributed by atoms with Crippen LogP contribution in [-0.2, 0) is 4.79 Å². The number of nitriles is 1. The normalized spacial score (nSPS) is 23.0. The van der Waals surface area contributed by atoms with E-state index < -0.39 is 5.82 Å². The Bertz CT molecular complexity index is 1020. The molecule has 7 nitrogen and oxygen atoms in total. The number of pyridine rings is 1. The van der Waals surface area contributed by atoms with Gasteiger partial charge in [0.05, 0.1) is 25.3 Å². The number of amides is 1. The van der Waals surface area contributed by atoms with Crippen molar-refractivity contribution >= 4 is 11.7 Å². The Labute approximate surface area is 187 Å². The second-order valence-electron chi connectivity index (χ2n) is 8.62. The standard InChI is InChI=1S/C24H28FN5O2/c1-15-9-18-13-29(14-21(15)30(18)22-8-7-17(10-26)11-28-22)23(31)12-27-16(2)19-5-4-6-20(25)24(19)32-3/h4-8,11,15-16,18,21,27H,9,12-14H2,1-3H3/t15-,16-,18?,21?/m0/s1. The van der Waals surface area contributed by atoms with Gasteiger partial charge in [-0.1, -0.05) is 19.1 Å². The van der Waals surface area contributed by atoms with Gasteiger partial charge in [-0.05, 0) is 37.5 Å². The molecular formula is C24H28FN5O2. The summed E-state index contributed by atoms with van der Waals surface area (Å²) in [5.74, 6) is 1.13. The molecular weight excluding hydrogens is 409 g/mol. The van der Waals surface area contributed by atoms with Gasteiger partial charge in [-0.2, -0.15) is 5.26 Å². The fraction of sp³-hybridized carbons (Fsp3) is 0.458. The SMILES string of the molecule is COc1c(F)cccc1[C@H](C)NCC(=O)N1CC2C[C@H](C)C(C1)N2c1ccc(C#N)cn1. The Morgan fingerprint density at radius 3 is 2.84 bits per heavy atom. The van der Waals surface area contributed by atoms with Crippen molar-refractivity contribution in [2.24, 2.45) is 5.92 Å². The van der Waals surface area contributed by atoms with Gasteiger partial charge in [-0.25, -0.2) is 9.37 Å². The summed E-state index contributed by atoms with van der Waals surface area (Å²) in [5, 5.41) is 12.2. The number of ether oxygens (including phenoxy) is 1. The van der Waals surface area contributed by atoms with E-state index in [1.807, 2.05) is 17.9 Å². The number of anilines is 1. The van der Waals surface area contributed by atoms with Crippen LogP contribution in [0.2, 0.25) is 0 Å². The van der Waals surface area contributed by atoms with Crippen molar-refractivity contribution in [2.45, 2.75) is 38.4 Å². The molecule has 1 amide bonds. The molecule has 2 aromatic rings. The molecule has 2 aliphatic heterocycles. The maximum atomic E-state index is 14.0. The molecule has 2 aliphatic rings. The summed E-state index contributed by atoms with van der Waals surface area (Å²) in [7, 11) is 1.44. The molecule has 1 aromatic heterocycles. The van der Waals surface area contributed by atoms with E-state index in [0.717, 1.165) is 12.2 Å². The summed E-state index contributed by atoms with van der Waals surface area (Å²) in [6.07, 6.45) is 2.60. The highest BCUT2D eigenvalue weighted by Crippen LogP contribution is 2.37. The number of aromatic nitrogens is 1. The van der Waals surface area contributed by atoms with E-state index in [2.05, 4.69) is 28.2 Å². The molecule has 4 atom stereocenters. The van der Waals surface area contributed by atoms with Gasteiger partial charge in [-0.15, -0.1) is 0 Å². The molecule has 2 saturated heterocycles. The zero-order valence-electron chi connectivity index (χ0n) is 18.6. The predicted octanol–water partition coefficient (Wildman–Crippen LogP) is 2.88. The first-order valence-corrected chi connectivity index (χ1v) is 10.9. The Morgan fingerprint density at radius 1 is 1.38 bits per heavy atom. The van der Waals surface area contributed by atoms with E-state index in [-0.39, 0.29) is 36.3 Å². The van der Waals surface area contributed by atoms with Crippen LogP contribution in [0.25, 0.3) is 0 Å². The fourth-order valence-corrected chi connectivity index (χ4v) is 4.94. The molecule has 0 spiro atoms. The lowest BCUT2D eigenvalue weighted by molar-refractivity contribution is -0.131. The average Bonchev–Trinajstić information content (AvgIpc) is 3.00. The maximum absolute atomic E-state index is 14.0. The van der Waals surface area contributed by atoms with Crippen LogP contribution in [0.15, 0.2) is 36.5 Å². The second-order valence-corrected chi connectivity index (χ2v) is 8.62. The van der Waals surface area contributed by atoms with E-state index in [4.69, 9.17) is 10.00 Å². The summed E-state index contributed by atoms with van der Waals surface area (Å²) in [5.41, 5.74) is 1.23.